The monoisotopic (exact) mass is 570 g/mol. The van der Waals surface area contributed by atoms with E-state index in [0.29, 0.717) is 65.1 Å². The van der Waals surface area contributed by atoms with E-state index in [1.807, 2.05) is 11.8 Å². The lowest BCUT2D eigenvalue weighted by Crippen LogP contribution is -2.56. The van der Waals surface area contributed by atoms with E-state index in [4.69, 9.17) is 25.8 Å². The smallest absolute Gasteiger partial charge is 0.338 e. The largest absolute Gasteiger partial charge is 0.497 e. The van der Waals surface area contributed by atoms with Gasteiger partial charge >= 0.3 is 12.0 Å². The second-order valence-electron chi connectivity index (χ2n) is 9.72. The summed E-state index contributed by atoms with van der Waals surface area (Å²) in [6.45, 7) is 5.83. The normalized spacial score (nSPS) is 19.8. The van der Waals surface area contributed by atoms with E-state index in [-0.39, 0.29) is 24.6 Å². The number of hydrogen-bond acceptors (Lipinski definition) is 7. The quantitative estimate of drug-likeness (QED) is 0.483. The fourth-order valence-electron chi connectivity index (χ4n) is 5.14. The minimum absolute atomic E-state index is 0.0606. The van der Waals surface area contributed by atoms with Gasteiger partial charge in [-0.1, -0.05) is 11.6 Å². The van der Waals surface area contributed by atoms with Gasteiger partial charge in [0.15, 0.2) is 0 Å². The number of nitrogens with one attached hydrogen (secondary N) is 1. The number of likely N-dealkylation sites (N-methyl/N-ethyl adjacent to an activating group) is 1. The van der Waals surface area contributed by atoms with E-state index >= 15 is 0 Å². The Morgan fingerprint density at radius 2 is 1.80 bits per heavy atom. The third-order valence-corrected chi connectivity index (χ3v) is 7.51. The van der Waals surface area contributed by atoms with Gasteiger partial charge in [0.05, 0.1) is 32.4 Å². The predicted molar refractivity (Wildman–Crippen MR) is 151 cm³/mol. The minimum atomic E-state index is -0.812. The SMILES string of the molecule is CCOC(=O)C1=C(CN2CCN(C(=O)c3ccc(Cl)cc3)[C@@H](C)C2)N(C)C(=O)N[C@H]1c1cc(OC)ccc1OC. The lowest BCUT2D eigenvalue weighted by molar-refractivity contribution is -0.139. The first kappa shape index (κ1) is 29.2. The molecule has 214 valence electrons. The third-order valence-electron chi connectivity index (χ3n) is 7.26. The Labute approximate surface area is 239 Å². The number of esters is 1. The molecule has 2 heterocycles. The summed E-state index contributed by atoms with van der Waals surface area (Å²) in [5, 5.41) is 3.50. The summed E-state index contributed by atoms with van der Waals surface area (Å²) in [4.78, 5) is 45.2. The number of urea groups is 1. The van der Waals surface area contributed by atoms with E-state index in [0.717, 1.165) is 0 Å². The first-order valence-electron chi connectivity index (χ1n) is 13.1. The second kappa shape index (κ2) is 12.6. The number of carbonyl (C=O) groups is 3. The second-order valence-corrected chi connectivity index (χ2v) is 10.2. The first-order chi connectivity index (χ1) is 19.2. The summed E-state index contributed by atoms with van der Waals surface area (Å²) in [6.07, 6.45) is 0. The Kier molecular flexibility index (Phi) is 9.21. The van der Waals surface area contributed by atoms with Crippen LogP contribution in [-0.4, -0.2) is 92.7 Å². The zero-order chi connectivity index (χ0) is 29.0. The Hall–Kier alpha value is -3.76. The predicted octanol–water partition coefficient (Wildman–Crippen LogP) is 3.72. The lowest BCUT2D eigenvalue weighted by atomic mass is 9.93. The van der Waals surface area contributed by atoms with Crippen molar-refractivity contribution >= 4 is 29.5 Å². The number of hydrogen-bond donors (Lipinski definition) is 1. The van der Waals surface area contributed by atoms with Gasteiger partial charge in [0.2, 0.25) is 0 Å². The van der Waals surface area contributed by atoms with Gasteiger partial charge in [-0.25, -0.2) is 9.59 Å². The van der Waals surface area contributed by atoms with Crippen LogP contribution < -0.4 is 14.8 Å². The number of carbonyl (C=O) groups excluding carboxylic acids is 3. The summed E-state index contributed by atoms with van der Waals surface area (Å²) in [6, 6.07) is 10.8. The summed E-state index contributed by atoms with van der Waals surface area (Å²) >= 11 is 5.99. The van der Waals surface area contributed by atoms with Crippen molar-refractivity contribution < 1.29 is 28.6 Å². The molecule has 0 saturated carbocycles. The molecule has 2 atom stereocenters. The third kappa shape index (κ3) is 6.03. The van der Waals surface area contributed by atoms with E-state index < -0.39 is 12.0 Å². The zero-order valence-electron chi connectivity index (χ0n) is 23.4. The molecule has 2 aliphatic heterocycles. The number of halogens is 1. The highest BCUT2D eigenvalue weighted by molar-refractivity contribution is 6.30. The molecule has 1 saturated heterocycles. The van der Waals surface area contributed by atoms with Crippen LogP contribution in [0.4, 0.5) is 4.79 Å². The highest BCUT2D eigenvalue weighted by atomic mass is 35.5. The molecule has 0 aliphatic carbocycles. The van der Waals surface area contributed by atoms with Gasteiger partial charge in [0.25, 0.3) is 5.91 Å². The van der Waals surface area contributed by atoms with Crippen LogP contribution >= 0.6 is 11.6 Å². The number of methoxy groups -OCH3 is 2. The van der Waals surface area contributed by atoms with Crippen LogP contribution in [0.1, 0.15) is 35.8 Å². The maximum atomic E-state index is 13.4. The fraction of sp³-hybridized carbons (Fsp3) is 0.414. The molecule has 11 heteroatoms. The van der Waals surface area contributed by atoms with Crippen molar-refractivity contribution in [2.75, 3.05) is 54.1 Å². The van der Waals surface area contributed by atoms with Gasteiger partial charge < -0.3 is 24.4 Å². The average molecular weight is 571 g/mol. The molecular formula is C29H35ClN4O6. The molecule has 0 unspecified atom stereocenters. The highest BCUT2D eigenvalue weighted by Gasteiger charge is 2.39. The van der Waals surface area contributed by atoms with Crippen LogP contribution in [0.25, 0.3) is 0 Å². The number of benzene rings is 2. The Bertz CT molecular complexity index is 1300. The molecule has 4 rings (SSSR count). The van der Waals surface area contributed by atoms with Crippen molar-refractivity contribution in [3.05, 3.63) is 69.9 Å². The summed E-state index contributed by atoms with van der Waals surface area (Å²) < 4.78 is 16.4. The molecule has 0 bridgehead atoms. The van der Waals surface area contributed by atoms with E-state index in [1.54, 1.807) is 63.5 Å². The number of ether oxygens (including phenoxy) is 3. The van der Waals surface area contributed by atoms with E-state index in [9.17, 15) is 14.4 Å². The van der Waals surface area contributed by atoms with Crippen LogP contribution in [0.5, 0.6) is 11.5 Å². The molecule has 2 aromatic carbocycles. The fourth-order valence-corrected chi connectivity index (χ4v) is 5.27. The van der Waals surface area contributed by atoms with Crippen molar-refractivity contribution in [3.63, 3.8) is 0 Å². The molecule has 10 nitrogen and oxygen atoms in total. The Morgan fingerprint density at radius 1 is 1.07 bits per heavy atom. The van der Waals surface area contributed by atoms with Crippen LogP contribution in [0.2, 0.25) is 5.02 Å². The molecule has 1 N–H and O–H groups in total. The molecular weight excluding hydrogens is 536 g/mol. The summed E-state index contributed by atoms with van der Waals surface area (Å²) in [5.41, 5.74) is 2.01. The summed E-state index contributed by atoms with van der Waals surface area (Å²) in [7, 11) is 4.71. The van der Waals surface area contributed by atoms with Gasteiger partial charge in [-0.2, -0.15) is 0 Å². The average Bonchev–Trinajstić information content (AvgIpc) is 2.95. The van der Waals surface area contributed by atoms with Crippen LogP contribution in [-0.2, 0) is 9.53 Å². The van der Waals surface area contributed by atoms with Crippen LogP contribution in [0.3, 0.4) is 0 Å². The molecule has 0 aromatic heterocycles. The van der Waals surface area contributed by atoms with Gasteiger partial charge in [0.1, 0.15) is 11.5 Å². The van der Waals surface area contributed by atoms with Crippen molar-refractivity contribution in [1.29, 1.82) is 0 Å². The molecule has 40 heavy (non-hydrogen) atoms. The summed E-state index contributed by atoms with van der Waals surface area (Å²) in [5.74, 6) is 0.474. The van der Waals surface area contributed by atoms with E-state index in [1.165, 1.54) is 12.0 Å². The molecule has 3 amide bonds. The van der Waals surface area contributed by atoms with Crippen LogP contribution in [0.15, 0.2) is 53.7 Å². The van der Waals surface area contributed by atoms with Gasteiger partial charge in [-0.3, -0.25) is 14.6 Å². The highest BCUT2D eigenvalue weighted by Crippen LogP contribution is 2.38. The topological polar surface area (TPSA) is 101 Å². The lowest BCUT2D eigenvalue weighted by Gasteiger charge is -2.42. The number of nitrogens with zero attached hydrogens (tertiary/aromatic N) is 3. The van der Waals surface area contributed by atoms with E-state index in [2.05, 4.69) is 10.2 Å². The maximum Gasteiger partial charge on any atom is 0.338 e. The van der Waals surface area contributed by atoms with Crippen molar-refractivity contribution in [2.45, 2.75) is 25.9 Å². The minimum Gasteiger partial charge on any atom is -0.497 e. The Balaban J connectivity index is 1.65. The van der Waals surface area contributed by atoms with Gasteiger partial charge in [-0.15, -0.1) is 0 Å². The first-order valence-corrected chi connectivity index (χ1v) is 13.5. The van der Waals surface area contributed by atoms with Crippen LogP contribution in [0, 0.1) is 0 Å². The molecule has 1 fully saturated rings. The standard InChI is InChI=1S/C29H35ClN4O6/c1-6-40-28(36)25-23(32(3)29(37)31-26(25)22-15-21(38-4)11-12-24(22)39-5)17-33-13-14-34(18(2)16-33)27(35)19-7-9-20(30)10-8-19/h7-12,15,18,26H,6,13-14,16-17H2,1-5H3,(H,31,37)/t18-,26-/m0/s1. The van der Waals surface area contributed by atoms with Gasteiger partial charge in [-0.05, 0) is 56.3 Å². The maximum absolute atomic E-state index is 13.4. The van der Waals surface area contributed by atoms with Crippen molar-refractivity contribution in [2.24, 2.45) is 0 Å². The van der Waals surface area contributed by atoms with Crippen molar-refractivity contribution in [1.82, 2.24) is 20.0 Å². The Morgan fingerprint density at radius 3 is 2.42 bits per heavy atom. The molecule has 2 aliphatic rings. The number of piperazine rings is 1. The van der Waals surface area contributed by atoms with Gasteiger partial charge in [0, 0.05) is 61.1 Å². The molecule has 0 radical (unpaired) electrons. The molecule has 2 aromatic rings. The van der Waals surface area contributed by atoms with Crippen molar-refractivity contribution in [3.8, 4) is 11.5 Å². The molecule has 0 spiro atoms. The number of rotatable bonds is 8. The zero-order valence-corrected chi connectivity index (χ0v) is 24.2. The number of amides is 3.